The van der Waals surface area contributed by atoms with Gasteiger partial charge in [-0.25, -0.2) is 9.59 Å². The zero-order chi connectivity index (χ0) is 20.1. The van der Waals surface area contributed by atoms with Crippen LogP contribution in [0.4, 0.5) is 0 Å². The summed E-state index contributed by atoms with van der Waals surface area (Å²) in [5.41, 5.74) is -3.11. The lowest BCUT2D eigenvalue weighted by Gasteiger charge is -2.33. The summed E-state index contributed by atoms with van der Waals surface area (Å²) in [6.07, 6.45) is 9.29. The van der Waals surface area contributed by atoms with Gasteiger partial charge < -0.3 is 14.9 Å². The van der Waals surface area contributed by atoms with E-state index in [4.69, 9.17) is 4.74 Å². The highest BCUT2D eigenvalue weighted by atomic mass is 16.6. The number of ether oxygens (including phenoxy) is 1. The Labute approximate surface area is 159 Å². The molecule has 0 saturated carbocycles. The molecule has 0 aromatic rings. The van der Waals surface area contributed by atoms with Crippen molar-refractivity contribution in [3.63, 3.8) is 0 Å². The second kappa shape index (κ2) is 13.1. The first-order valence-corrected chi connectivity index (χ1v) is 10.5. The highest BCUT2D eigenvalue weighted by Gasteiger charge is 2.46. The molecule has 0 heterocycles. The highest BCUT2D eigenvalue weighted by Crippen LogP contribution is 2.30. The van der Waals surface area contributed by atoms with E-state index in [1.165, 1.54) is 0 Å². The number of rotatable bonds is 16. The van der Waals surface area contributed by atoms with E-state index in [1.807, 2.05) is 6.92 Å². The summed E-state index contributed by atoms with van der Waals surface area (Å²) in [7, 11) is 0. The van der Waals surface area contributed by atoms with Crippen LogP contribution in [0, 0.1) is 0 Å². The maximum atomic E-state index is 12.8. The van der Waals surface area contributed by atoms with E-state index >= 15 is 0 Å². The van der Waals surface area contributed by atoms with Crippen molar-refractivity contribution in [2.24, 2.45) is 0 Å². The summed E-state index contributed by atoms with van der Waals surface area (Å²) in [5, 5.41) is 20.6. The molecule has 2 N–H and O–H groups in total. The largest absolute Gasteiger partial charge is 0.478 e. The molecule has 0 aliphatic heterocycles. The molecule has 0 saturated heterocycles. The minimum Gasteiger partial charge on any atom is -0.478 e. The minimum absolute atomic E-state index is 0.207. The molecule has 0 spiro atoms. The van der Waals surface area contributed by atoms with Crippen LogP contribution in [-0.2, 0) is 14.3 Å². The fraction of sp³-hybridized carbons (Fsp3) is 0.905. The fourth-order valence-electron chi connectivity index (χ4n) is 3.30. The number of hydrogen-bond donors (Lipinski definition) is 2. The fourth-order valence-corrected chi connectivity index (χ4v) is 3.30. The van der Waals surface area contributed by atoms with Crippen LogP contribution in [0.1, 0.15) is 111 Å². The van der Waals surface area contributed by atoms with Gasteiger partial charge in [-0.3, -0.25) is 0 Å². The van der Waals surface area contributed by atoms with Gasteiger partial charge in [-0.15, -0.1) is 0 Å². The summed E-state index contributed by atoms with van der Waals surface area (Å²) in [5.74, 6) is -1.88. The van der Waals surface area contributed by atoms with Gasteiger partial charge in [0.2, 0.25) is 5.60 Å². The molecule has 154 valence electrons. The molecule has 0 rings (SSSR count). The molecule has 0 aliphatic rings. The van der Waals surface area contributed by atoms with E-state index in [2.05, 4.69) is 13.8 Å². The third-order valence-electron chi connectivity index (χ3n) is 5.17. The average molecular weight is 373 g/mol. The van der Waals surface area contributed by atoms with E-state index in [1.54, 1.807) is 6.92 Å². The Kier molecular flexibility index (Phi) is 12.6. The van der Waals surface area contributed by atoms with Gasteiger partial charge in [0.15, 0.2) is 5.60 Å². The van der Waals surface area contributed by atoms with Gasteiger partial charge in [0, 0.05) is 0 Å². The molecular weight excluding hydrogens is 332 g/mol. The van der Waals surface area contributed by atoms with E-state index < -0.39 is 23.1 Å². The van der Waals surface area contributed by atoms with Crippen LogP contribution in [0.2, 0.25) is 0 Å². The van der Waals surface area contributed by atoms with Crippen molar-refractivity contribution < 1.29 is 24.5 Å². The quantitative estimate of drug-likeness (QED) is 0.286. The second-order valence-electron chi connectivity index (χ2n) is 7.45. The monoisotopic (exact) mass is 372 g/mol. The molecule has 0 fully saturated rings. The molecular formula is C21H40O5. The molecule has 5 nitrogen and oxygen atoms in total. The van der Waals surface area contributed by atoms with Crippen molar-refractivity contribution in [2.75, 3.05) is 0 Å². The summed E-state index contributed by atoms with van der Waals surface area (Å²) in [4.78, 5) is 24.6. The summed E-state index contributed by atoms with van der Waals surface area (Å²) < 4.78 is 5.52. The first kappa shape index (κ1) is 24.9. The Morgan fingerprint density at radius 2 is 1.31 bits per heavy atom. The smallest absolute Gasteiger partial charge is 0.348 e. The molecule has 2 atom stereocenters. The summed E-state index contributed by atoms with van der Waals surface area (Å²) >= 11 is 0. The van der Waals surface area contributed by atoms with Crippen LogP contribution in [0.15, 0.2) is 0 Å². The highest BCUT2D eigenvalue weighted by molar-refractivity contribution is 5.85. The topological polar surface area (TPSA) is 83.8 Å². The van der Waals surface area contributed by atoms with Crippen LogP contribution < -0.4 is 0 Å². The zero-order valence-corrected chi connectivity index (χ0v) is 17.3. The second-order valence-corrected chi connectivity index (χ2v) is 7.45. The van der Waals surface area contributed by atoms with Crippen molar-refractivity contribution in [3.05, 3.63) is 0 Å². The van der Waals surface area contributed by atoms with Gasteiger partial charge in [0.1, 0.15) is 0 Å². The van der Waals surface area contributed by atoms with Crippen LogP contribution >= 0.6 is 0 Å². The van der Waals surface area contributed by atoms with Gasteiger partial charge in [-0.05, 0) is 38.5 Å². The Morgan fingerprint density at radius 3 is 1.73 bits per heavy atom. The Bertz CT molecular complexity index is 409. The minimum atomic E-state index is -1.58. The van der Waals surface area contributed by atoms with Crippen molar-refractivity contribution >= 4 is 11.9 Å². The first-order valence-electron chi connectivity index (χ1n) is 10.5. The molecule has 0 bridgehead atoms. The lowest BCUT2D eigenvalue weighted by molar-refractivity contribution is -0.195. The molecule has 0 aromatic carbocycles. The van der Waals surface area contributed by atoms with Crippen molar-refractivity contribution in [1.82, 2.24) is 0 Å². The number of esters is 1. The Balaban J connectivity index is 5.10. The first-order chi connectivity index (χ1) is 12.3. The van der Waals surface area contributed by atoms with Gasteiger partial charge >= 0.3 is 11.9 Å². The number of unbranched alkanes of at least 4 members (excludes halogenated alkanes) is 6. The zero-order valence-electron chi connectivity index (χ0n) is 17.3. The van der Waals surface area contributed by atoms with Crippen LogP contribution in [0.3, 0.4) is 0 Å². The van der Waals surface area contributed by atoms with E-state index in [9.17, 15) is 19.8 Å². The Morgan fingerprint density at radius 1 is 0.769 bits per heavy atom. The maximum Gasteiger partial charge on any atom is 0.348 e. The van der Waals surface area contributed by atoms with Crippen molar-refractivity contribution in [2.45, 2.75) is 122 Å². The molecule has 0 aromatic heterocycles. The number of carbonyl (C=O) groups is 2. The third kappa shape index (κ3) is 8.07. The molecule has 5 heteroatoms. The third-order valence-corrected chi connectivity index (χ3v) is 5.17. The van der Waals surface area contributed by atoms with Gasteiger partial charge in [-0.2, -0.15) is 0 Å². The SMILES string of the molecule is CCCCCCC(O)(CCC)C(=O)OC(CC)(CCCCCC)C(=O)O. The summed E-state index contributed by atoms with van der Waals surface area (Å²) in [6, 6.07) is 0. The predicted octanol–water partition coefficient (Wildman–Crippen LogP) is 5.24. The molecule has 0 radical (unpaired) electrons. The van der Waals surface area contributed by atoms with E-state index in [0.29, 0.717) is 32.1 Å². The normalized spacial score (nSPS) is 15.9. The number of carboxylic acid groups (broad SMARTS) is 1. The average Bonchev–Trinajstić information content (AvgIpc) is 2.61. The Hall–Kier alpha value is -1.10. The van der Waals surface area contributed by atoms with Crippen molar-refractivity contribution in [1.29, 1.82) is 0 Å². The van der Waals surface area contributed by atoms with Gasteiger partial charge in [0.05, 0.1) is 0 Å². The molecule has 2 unspecified atom stereocenters. The van der Waals surface area contributed by atoms with Gasteiger partial charge in [-0.1, -0.05) is 72.6 Å². The molecule has 0 aliphatic carbocycles. The lowest BCUT2D eigenvalue weighted by atomic mass is 9.89. The standard InChI is InChI=1S/C21H40O5/c1-5-9-11-13-16-20(25,15-7-3)19(24)26-21(8-4,18(22)23)17-14-12-10-6-2/h25H,5-17H2,1-4H3,(H,22,23). The van der Waals surface area contributed by atoms with Crippen LogP contribution in [0.25, 0.3) is 0 Å². The van der Waals surface area contributed by atoms with Crippen LogP contribution in [0.5, 0.6) is 0 Å². The van der Waals surface area contributed by atoms with E-state index in [0.717, 1.165) is 44.9 Å². The van der Waals surface area contributed by atoms with Gasteiger partial charge in [0.25, 0.3) is 0 Å². The lowest BCUT2D eigenvalue weighted by Crippen LogP contribution is -2.49. The summed E-state index contributed by atoms with van der Waals surface area (Å²) in [6.45, 7) is 7.82. The number of carbonyl (C=O) groups excluding carboxylic acids is 1. The predicted molar refractivity (Wildman–Crippen MR) is 104 cm³/mol. The molecule has 26 heavy (non-hydrogen) atoms. The number of carboxylic acids is 1. The van der Waals surface area contributed by atoms with Crippen molar-refractivity contribution in [3.8, 4) is 0 Å². The number of hydrogen-bond acceptors (Lipinski definition) is 4. The van der Waals surface area contributed by atoms with Crippen LogP contribution in [-0.4, -0.2) is 33.4 Å². The van der Waals surface area contributed by atoms with E-state index in [-0.39, 0.29) is 6.42 Å². The maximum absolute atomic E-state index is 12.8. The molecule has 0 amide bonds. The number of aliphatic hydroxyl groups is 1. The number of aliphatic carboxylic acids is 1.